The summed E-state index contributed by atoms with van der Waals surface area (Å²) in [5.74, 6) is 0.740. The molecule has 3 N–H and O–H groups in total. The lowest BCUT2D eigenvalue weighted by molar-refractivity contribution is -0.120. The van der Waals surface area contributed by atoms with E-state index in [4.69, 9.17) is 10.2 Å². The number of nitrogens with one attached hydrogen (secondary N) is 1. The number of para-hydroxylation sites is 2. The Morgan fingerprint density at radius 3 is 2.52 bits per heavy atom. The van der Waals surface area contributed by atoms with E-state index in [0.717, 1.165) is 23.3 Å². The lowest BCUT2D eigenvalue weighted by Gasteiger charge is -2.40. The molecule has 0 radical (unpaired) electrons. The Morgan fingerprint density at radius 1 is 1.32 bits per heavy atom. The summed E-state index contributed by atoms with van der Waals surface area (Å²) in [5, 5.41) is 0.0853. The molecule has 1 heterocycles. The summed E-state index contributed by atoms with van der Waals surface area (Å²) in [6.07, 6.45) is 0.779. The molecule has 1 amide bonds. The van der Waals surface area contributed by atoms with Gasteiger partial charge in [-0.15, -0.1) is 0 Å². The van der Waals surface area contributed by atoms with Gasteiger partial charge in [-0.05, 0) is 36.2 Å². The predicted octanol–water partition coefficient (Wildman–Crippen LogP) is 4.01. The van der Waals surface area contributed by atoms with E-state index in [1.165, 1.54) is 0 Å². The molecule has 0 fully saturated rings. The van der Waals surface area contributed by atoms with E-state index in [-0.39, 0.29) is 29.4 Å². The van der Waals surface area contributed by atoms with Gasteiger partial charge in [-0.3, -0.25) is 4.79 Å². The van der Waals surface area contributed by atoms with E-state index in [0.29, 0.717) is 0 Å². The molecule has 0 unspecified atom stereocenters. The summed E-state index contributed by atoms with van der Waals surface area (Å²) in [6, 6.07) is 7.98. The Balaban J connectivity index is 2.17. The lowest BCUT2D eigenvalue weighted by Crippen LogP contribution is -2.46. The fourth-order valence-electron chi connectivity index (χ4n) is 2.65. The molecule has 2 aromatic rings. The molecular weight excluding hydrogens is 330 g/mol. The van der Waals surface area contributed by atoms with E-state index in [1.807, 2.05) is 24.3 Å². The van der Waals surface area contributed by atoms with Crippen LogP contribution in [0, 0.1) is 5.92 Å². The molecule has 25 heavy (non-hydrogen) atoms. The summed E-state index contributed by atoms with van der Waals surface area (Å²) >= 11 is 0. The Hall–Kier alpha value is -1.66. The molecule has 0 spiro atoms. The van der Waals surface area contributed by atoms with Crippen molar-refractivity contribution in [3.05, 3.63) is 30.1 Å². The first-order chi connectivity index (χ1) is 11.5. The van der Waals surface area contributed by atoms with E-state index in [9.17, 15) is 4.79 Å². The number of benzene rings is 1. The van der Waals surface area contributed by atoms with E-state index < -0.39 is 8.32 Å². The highest BCUT2D eigenvalue weighted by molar-refractivity contribution is 6.74. The average molecular weight is 362 g/mol. The zero-order valence-electron chi connectivity index (χ0n) is 16.2. The number of carbonyl (C=O) groups is 1. The molecule has 0 aliphatic carbocycles. The van der Waals surface area contributed by atoms with Crippen LogP contribution in [-0.2, 0) is 15.6 Å². The number of rotatable bonds is 7. The third kappa shape index (κ3) is 4.92. The van der Waals surface area contributed by atoms with Crippen molar-refractivity contribution in [2.45, 2.75) is 64.8 Å². The standard InChI is InChI=1S/C19H31N3O2Si/c1-13(11-18-21-14-9-7-8-10-15(14)22-18)16(12-17(20)23)24-25(5,6)19(2,3)4/h7-10,13,16H,11-12H2,1-6H3,(H2,20,23)(H,21,22)/t13-,16+/m1/s1. The van der Waals surface area contributed by atoms with Gasteiger partial charge in [0.15, 0.2) is 8.32 Å². The van der Waals surface area contributed by atoms with Crippen LogP contribution in [0.5, 0.6) is 0 Å². The largest absolute Gasteiger partial charge is 0.413 e. The van der Waals surface area contributed by atoms with Gasteiger partial charge in [-0.25, -0.2) is 4.98 Å². The fraction of sp³-hybridized carbons (Fsp3) is 0.579. The number of amides is 1. The number of aromatic nitrogens is 2. The second-order valence-electron chi connectivity index (χ2n) is 8.47. The minimum atomic E-state index is -1.99. The summed E-state index contributed by atoms with van der Waals surface area (Å²) in [4.78, 5) is 19.6. The summed E-state index contributed by atoms with van der Waals surface area (Å²) < 4.78 is 6.52. The topological polar surface area (TPSA) is 81.0 Å². The van der Waals surface area contributed by atoms with Gasteiger partial charge in [-0.1, -0.05) is 39.8 Å². The highest BCUT2D eigenvalue weighted by Crippen LogP contribution is 2.38. The number of hydrogen-bond acceptors (Lipinski definition) is 3. The highest BCUT2D eigenvalue weighted by atomic mass is 28.4. The number of H-pyrrole nitrogens is 1. The Labute approximate surface area is 151 Å². The van der Waals surface area contributed by atoms with Crippen LogP contribution in [0.3, 0.4) is 0 Å². The maximum Gasteiger partial charge on any atom is 0.219 e. The Bertz CT molecular complexity index is 701. The van der Waals surface area contributed by atoms with Crippen molar-refractivity contribution < 1.29 is 9.22 Å². The van der Waals surface area contributed by atoms with E-state index >= 15 is 0 Å². The maximum absolute atomic E-state index is 11.6. The normalized spacial score (nSPS) is 15.3. The first kappa shape index (κ1) is 19.7. The van der Waals surface area contributed by atoms with Crippen molar-refractivity contribution in [2.24, 2.45) is 11.7 Å². The molecule has 1 aromatic heterocycles. The lowest BCUT2D eigenvalue weighted by atomic mass is 9.98. The number of fused-ring (bicyclic) bond motifs is 1. The molecule has 138 valence electrons. The number of imidazole rings is 1. The minimum absolute atomic E-state index is 0.0853. The van der Waals surface area contributed by atoms with Crippen molar-refractivity contribution in [1.82, 2.24) is 9.97 Å². The second kappa shape index (κ2) is 7.29. The van der Waals surface area contributed by atoms with Gasteiger partial charge in [0.05, 0.1) is 23.6 Å². The molecule has 0 bridgehead atoms. The fourth-order valence-corrected chi connectivity index (χ4v) is 4.08. The second-order valence-corrected chi connectivity index (χ2v) is 13.2. The van der Waals surface area contributed by atoms with Crippen molar-refractivity contribution >= 4 is 25.3 Å². The van der Waals surface area contributed by atoms with Crippen LogP contribution in [0.2, 0.25) is 18.1 Å². The summed E-state index contributed by atoms with van der Waals surface area (Å²) in [7, 11) is -1.99. The first-order valence-corrected chi connectivity index (χ1v) is 11.8. The van der Waals surface area contributed by atoms with Crippen LogP contribution >= 0.6 is 0 Å². The van der Waals surface area contributed by atoms with Gasteiger partial charge in [0.25, 0.3) is 0 Å². The average Bonchev–Trinajstić information content (AvgIpc) is 2.86. The van der Waals surface area contributed by atoms with Crippen LogP contribution in [0.25, 0.3) is 11.0 Å². The van der Waals surface area contributed by atoms with Gasteiger partial charge >= 0.3 is 0 Å². The predicted molar refractivity (Wildman–Crippen MR) is 105 cm³/mol. The highest BCUT2D eigenvalue weighted by Gasteiger charge is 2.40. The molecule has 2 atom stereocenters. The Kier molecular flexibility index (Phi) is 5.74. The van der Waals surface area contributed by atoms with E-state index in [2.05, 4.69) is 50.8 Å². The SMILES string of the molecule is C[C@H](Cc1nc2ccccc2[nH]1)[C@H](CC(N)=O)O[Si](C)(C)C(C)(C)C. The van der Waals surface area contributed by atoms with Crippen LogP contribution in [0.4, 0.5) is 0 Å². The summed E-state index contributed by atoms with van der Waals surface area (Å²) in [5.41, 5.74) is 7.48. The maximum atomic E-state index is 11.6. The zero-order valence-corrected chi connectivity index (χ0v) is 17.2. The molecule has 5 nitrogen and oxygen atoms in total. The van der Waals surface area contributed by atoms with Crippen LogP contribution in [0.1, 0.15) is 39.9 Å². The molecule has 2 rings (SSSR count). The number of primary amides is 1. The minimum Gasteiger partial charge on any atom is -0.413 e. The van der Waals surface area contributed by atoms with Crippen LogP contribution in [0.15, 0.2) is 24.3 Å². The molecule has 1 aromatic carbocycles. The molecule has 0 saturated heterocycles. The van der Waals surface area contributed by atoms with Gasteiger partial charge in [-0.2, -0.15) is 0 Å². The number of carbonyl (C=O) groups excluding carboxylic acids is 1. The number of nitrogens with two attached hydrogens (primary N) is 1. The zero-order chi connectivity index (χ0) is 18.8. The number of aromatic amines is 1. The smallest absolute Gasteiger partial charge is 0.219 e. The molecule has 0 aliphatic rings. The third-order valence-corrected chi connectivity index (χ3v) is 9.75. The van der Waals surface area contributed by atoms with Crippen molar-refractivity contribution in [3.8, 4) is 0 Å². The summed E-state index contributed by atoms with van der Waals surface area (Å²) in [6.45, 7) is 13.1. The third-order valence-electron chi connectivity index (χ3n) is 5.24. The van der Waals surface area contributed by atoms with Crippen LogP contribution in [-0.4, -0.2) is 30.3 Å². The first-order valence-electron chi connectivity index (χ1n) is 8.89. The quantitative estimate of drug-likeness (QED) is 0.731. The Morgan fingerprint density at radius 2 is 1.96 bits per heavy atom. The van der Waals surface area contributed by atoms with Crippen molar-refractivity contribution in [3.63, 3.8) is 0 Å². The number of nitrogens with zero attached hydrogens (tertiary/aromatic N) is 1. The van der Waals surface area contributed by atoms with Gasteiger partial charge < -0.3 is 15.1 Å². The molecule has 0 aliphatic heterocycles. The monoisotopic (exact) mass is 361 g/mol. The van der Waals surface area contributed by atoms with E-state index in [1.54, 1.807) is 0 Å². The van der Waals surface area contributed by atoms with Crippen molar-refractivity contribution in [1.29, 1.82) is 0 Å². The van der Waals surface area contributed by atoms with Gasteiger partial charge in [0, 0.05) is 6.42 Å². The molecular formula is C19H31N3O2Si. The van der Waals surface area contributed by atoms with Crippen LogP contribution < -0.4 is 5.73 Å². The molecule has 0 saturated carbocycles. The number of hydrogen-bond donors (Lipinski definition) is 2. The molecule has 6 heteroatoms. The van der Waals surface area contributed by atoms with Gasteiger partial charge in [0.2, 0.25) is 5.91 Å². The van der Waals surface area contributed by atoms with Crippen molar-refractivity contribution in [2.75, 3.05) is 0 Å². The van der Waals surface area contributed by atoms with Gasteiger partial charge in [0.1, 0.15) is 5.82 Å².